The largest absolute Gasteiger partial charge is 0.401 e. The van der Waals surface area contributed by atoms with Crippen molar-refractivity contribution >= 4 is 28.8 Å². The van der Waals surface area contributed by atoms with E-state index in [1.807, 2.05) is 4.90 Å². The fraction of sp³-hybridized carbons (Fsp3) is 0.538. The van der Waals surface area contributed by atoms with Crippen LogP contribution in [0.3, 0.4) is 0 Å². The molecule has 5 aliphatic heterocycles. The average molecular weight is 552 g/mol. The van der Waals surface area contributed by atoms with Crippen LogP contribution in [-0.4, -0.2) is 79.1 Å². The number of nitrogens with zero attached hydrogens (tertiary/aromatic N) is 4. The van der Waals surface area contributed by atoms with Gasteiger partial charge in [0.2, 0.25) is 5.91 Å². The Morgan fingerprint density at radius 2 is 1.72 bits per heavy atom. The first-order valence-electron chi connectivity index (χ1n) is 13.0. The lowest BCUT2D eigenvalue weighted by Gasteiger charge is -2.39. The Labute approximate surface area is 220 Å². The molecule has 13 heteroatoms. The number of anilines is 4. The van der Waals surface area contributed by atoms with Crippen LogP contribution in [-0.2, 0) is 20.8 Å². The van der Waals surface area contributed by atoms with Crippen LogP contribution in [0.2, 0.25) is 0 Å². The lowest BCUT2D eigenvalue weighted by molar-refractivity contribution is -0.149. The van der Waals surface area contributed by atoms with Gasteiger partial charge in [-0.15, -0.1) is 0 Å². The molecule has 4 fully saturated rings. The van der Waals surface area contributed by atoms with Gasteiger partial charge in [-0.25, -0.2) is 13.8 Å². The van der Waals surface area contributed by atoms with E-state index in [1.165, 1.54) is 21.9 Å². The van der Waals surface area contributed by atoms with Crippen LogP contribution < -0.4 is 15.1 Å². The van der Waals surface area contributed by atoms with E-state index in [0.29, 0.717) is 41.7 Å². The van der Waals surface area contributed by atoms with Crippen LogP contribution in [0.1, 0.15) is 18.4 Å². The third-order valence-corrected chi connectivity index (χ3v) is 8.47. The maximum absolute atomic E-state index is 15.7. The number of amides is 1. The van der Waals surface area contributed by atoms with E-state index in [2.05, 4.69) is 10.3 Å². The number of aromatic nitrogens is 1. The Balaban J connectivity index is 1.23. The zero-order valence-corrected chi connectivity index (χ0v) is 20.8. The summed E-state index contributed by atoms with van der Waals surface area (Å²) in [5, 5.41) is 3.06. The van der Waals surface area contributed by atoms with Gasteiger partial charge >= 0.3 is 6.18 Å². The number of benzene rings is 1. The van der Waals surface area contributed by atoms with Crippen molar-refractivity contribution in [3.05, 3.63) is 41.6 Å². The topological polar surface area (TPSA) is 70.2 Å². The molecule has 1 N–H and O–H groups in total. The Morgan fingerprint density at radius 3 is 2.38 bits per heavy atom. The molecule has 39 heavy (non-hydrogen) atoms. The molecule has 6 heterocycles. The number of morpholine rings is 2. The fourth-order valence-electron chi connectivity index (χ4n) is 6.72. The highest BCUT2D eigenvalue weighted by Gasteiger charge is 2.60. The molecule has 8 nitrogen and oxygen atoms in total. The lowest BCUT2D eigenvalue weighted by Crippen LogP contribution is -2.50. The van der Waals surface area contributed by atoms with Gasteiger partial charge in [0.15, 0.2) is 0 Å². The van der Waals surface area contributed by atoms with Crippen molar-refractivity contribution in [2.24, 2.45) is 5.92 Å². The molecule has 0 unspecified atom stereocenters. The standard InChI is InChI=1S/C26H26F5N5O3/c27-15-5-14-9-35(25(37)13-1-3-34(4-2-13)12-26(29,30)31)19-7-18(16(28)6-17(19)33-24(14)32-8-15)36-20-10-38-23-21(36)11-39-22(20)23/h5-8,13,20-23H,1-4,9-12H2,(H,32,33)/t20-,21-,22-,23-/m1/s1. The van der Waals surface area contributed by atoms with Gasteiger partial charge in [-0.05, 0) is 38.1 Å². The van der Waals surface area contributed by atoms with Crippen molar-refractivity contribution in [2.45, 2.75) is 49.9 Å². The van der Waals surface area contributed by atoms with Crippen LogP contribution in [0.25, 0.3) is 0 Å². The number of likely N-dealkylation sites (tertiary alicyclic amines) is 1. The lowest BCUT2D eigenvalue weighted by atomic mass is 9.94. The zero-order chi connectivity index (χ0) is 27.1. The quantitative estimate of drug-likeness (QED) is 0.585. The summed E-state index contributed by atoms with van der Waals surface area (Å²) < 4.78 is 80.0. The molecule has 0 aliphatic carbocycles. The van der Waals surface area contributed by atoms with Crippen LogP contribution in [0, 0.1) is 17.6 Å². The molecule has 0 saturated carbocycles. The predicted octanol–water partition coefficient (Wildman–Crippen LogP) is 3.58. The van der Waals surface area contributed by atoms with E-state index < -0.39 is 30.3 Å². The molecule has 2 aromatic rings. The Bertz CT molecular complexity index is 1300. The number of hydrogen-bond acceptors (Lipinski definition) is 7. The molecular formula is C26H26F5N5O3. The first-order valence-corrected chi connectivity index (χ1v) is 13.0. The van der Waals surface area contributed by atoms with Gasteiger partial charge in [-0.3, -0.25) is 9.69 Å². The van der Waals surface area contributed by atoms with E-state index in [-0.39, 0.29) is 62.7 Å². The van der Waals surface area contributed by atoms with Gasteiger partial charge in [0, 0.05) is 17.5 Å². The molecular weight excluding hydrogens is 525 g/mol. The number of rotatable bonds is 3. The fourth-order valence-corrected chi connectivity index (χ4v) is 6.72. The summed E-state index contributed by atoms with van der Waals surface area (Å²) in [5.41, 5.74) is 1.46. The zero-order valence-electron chi connectivity index (χ0n) is 20.8. The summed E-state index contributed by atoms with van der Waals surface area (Å²) in [6, 6.07) is 3.94. The Hall–Kier alpha value is -3.03. The third-order valence-electron chi connectivity index (χ3n) is 8.47. The maximum Gasteiger partial charge on any atom is 0.401 e. The minimum atomic E-state index is -4.31. The number of piperidine rings is 1. The molecule has 1 aromatic carbocycles. The van der Waals surface area contributed by atoms with E-state index in [9.17, 15) is 22.4 Å². The summed E-state index contributed by atoms with van der Waals surface area (Å²) in [6.07, 6.45) is -3.03. The number of carbonyl (C=O) groups is 1. The first-order chi connectivity index (χ1) is 18.7. The summed E-state index contributed by atoms with van der Waals surface area (Å²) >= 11 is 0. The first kappa shape index (κ1) is 25.0. The van der Waals surface area contributed by atoms with Crippen molar-refractivity contribution in [3.8, 4) is 0 Å². The van der Waals surface area contributed by atoms with E-state index in [0.717, 1.165) is 6.20 Å². The van der Waals surface area contributed by atoms with E-state index in [4.69, 9.17) is 9.47 Å². The molecule has 4 bridgehead atoms. The maximum atomic E-state index is 15.7. The van der Waals surface area contributed by atoms with Crippen LogP contribution >= 0.6 is 0 Å². The van der Waals surface area contributed by atoms with Gasteiger partial charge in [0.05, 0.1) is 61.6 Å². The Morgan fingerprint density at radius 1 is 1.03 bits per heavy atom. The van der Waals surface area contributed by atoms with E-state index >= 15 is 4.39 Å². The minimum Gasteiger partial charge on any atom is -0.371 e. The van der Waals surface area contributed by atoms with E-state index in [1.54, 1.807) is 6.07 Å². The van der Waals surface area contributed by atoms with Gasteiger partial charge in [-0.1, -0.05) is 0 Å². The number of pyridine rings is 1. The van der Waals surface area contributed by atoms with Gasteiger partial charge in [0.25, 0.3) is 0 Å². The molecule has 1 amide bonds. The molecule has 5 aliphatic rings. The molecule has 1 aromatic heterocycles. The summed E-state index contributed by atoms with van der Waals surface area (Å²) in [4.78, 5) is 22.8. The third kappa shape index (κ3) is 4.21. The summed E-state index contributed by atoms with van der Waals surface area (Å²) in [5.74, 6) is -1.58. The highest BCUT2D eigenvalue weighted by Crippen LogP contribution is 2.47. The Kier molecular flexibility index (Phi) is 5.76. The molecule has 4 saturated heterocycles. The second kappa shape index (κ2) is 9.00. The number of ether oxygens (including phenoxy) is 2. The highest BCUT2D eigenvalue weighted by molar-refractivity contribution is 6.00. The van der Waals surface area contributed by atoms with Crippen molar-refractivity contribution < 1.29 is 36.2 Å². The van der Waals surface area contributed by atoms with Gasteiger partial charge in [-0.2, -0.15) is 13.2 Å². The molecule has 4 atom stereocenters. The summed E-state index contributed by atoms with van der Waals surface area (Å²) in [6.45, 7) is 0.0607. The van der Waals surface area contributed by atoms with Crippen LogP contribution in [0.5, 0.6) is 0 Å². The second-order valence-corrected chi connectivity index (χ2v) is 10.8. The van der Waals surface area contributed by atoms with Crippen molar-refractivity contribution in [1.29, 1.82) is 0 Å². The number of alkyl halides is 3. The monoisotopic (exact) mass is 551 g/mol. The average Bonchev–Trinajstić information content (AvgIpc) is 3.54. The van der Waals surface area contributed by atoms with Crippen LogP contribution in [0.4, 0.5) is 44.8 Å². The van der Waals surface area contributed by atoms with Crippen LogP contribution in [0.15, 0.2) is 24.4 Å². The number of hydrogen-bond donors (Lipinski definition) is 1. The molecule has 0 radical (unpaired) electrons. The van der Waals surface area contributed by atoms with Crippen molar-refractivity contribution in [1.82, 2.24) is 9.88 Å². The number of nitrogens with one attached hydrogen (secondary N) is 1. The van der Waals surface area contributed by atoms with Gasteiger partial charge < -0.3 is 24.6 Å². The predicted molar refractivity (Wildman–Crippen MR) is 130 cm³/mol. The van der Waals surface area contributed by atoms with Crippen molar-refractivity contribution in [3.63, 3.8) is 0 Å². The van der Waals surface area contributed by atoms with Gasteiger partial charge in [0.1, 0.15) is 29.7 Å². The molecule has 208 valence electrons. The van der Waals surface area contributed by atoms with Crippen molar-refractivity contribution in [2.75, 3.05) is 48.0 Å². The number of carbonyl (C=O) groups excluding carboxylic acids is 1. The number of halogens is 5. The number of fused-ring (bicyclic) bond motifs is 2. The SMILES string of the molecule is O=C(C1CCN(CC(F)(F)F)CC1)N1Cc2cc(F)cnc2Nc2cc(F)c(N3[C@@H]4CO[C@H]5[C@@H]4OC[C@H]53)cc21. The summed E-state index contributed by atoms with van der Waals surface area (Å²) in [7, 11) is 0. The smallest absolute Gasteiger partial charge is 0.371 e. The second-order valence-electron chi connectivity index (χ2n) is 10.8. The highest BCUT2D eigenvalue weighted by atomic mass is 19.4. The molecule has 0 spiro atoms. The molecule has 7 rings (SSSR count). The minimum absolute atomic E-state index is 0.0168. The normalized spacial score (nSPS) is 28.3.